The normalized spacial score (nSPS) is 25.4. The van der Waals surface area contributed by atoms with Crippen LogP contribution in [0.4, 0.5) is 5.69 Å². The maximum Gasteiger partial charge on any atom is 0.273 e. The summed E-state index contributed by atoms with van der Waals surface area (Å²) in [6, 6.07) is 7.68. The van der Waals surface area contributed by atoms with Gasteiger partial charge in [0.15, 0.2) is 0 Å². The average Bonchev–Trinajstić information content (AvgIpc) is 3.54. The summed E-state index contributed by atoms with van der Waals surface area (Å²) in [5, 5.41) is 3.33. The molecule has 0 spiro atoms. The second-order valence-electron chi connectivity index (χ2n) is 9.07. The number of anilines is 1. The summed E-state index contributed by atoms with van der Waals surface area (Å²) < 4.78 is 7.58. The van der Waals surface area contributed by atoms with E-state index < -0.39 is 0 Å². The maximum absolute atomic E-state index is 12.9. The zero-order valence-electron chi connectivity index (χ0n) is 18.8. The second kappa shape index (κ2) is 8.93. The summed E-state index contributed by atoms with van der Waals surface area (Å²) in [6.07, 6.45) is 6.65. The van der Waals surface area contributed by atoms with E-state index >= 15 is 0 Å². The standard InChI is InChI=1S/C24H28ClN5O3/c1-15(29-12-18-9-17(29)14-33-18)7-8-23(31)28-11-16(2)30-21(10-26-22(30)13-28)24(32)27-20-6-4-3-5-19(20)25/h3-8,10,15-18H,9,11-14H2,1-2H3,(H,27,32)/b8-7+/t15?,16-,17?,18?/m1/s1. The van der Waals surface area contributed by atoms with E-state index in [2.05, 4.69) is 22.1 Å². The Morgan fingerprint density at radius 3 is 2.85 bits per heavy atom. The topological polar surface area (TPSA) is 79.7 Å². The number of hydrogen-bond acceptors (Lipinski definition) is 5. The molecule has 0 saturated carbocycles. The Balaban J connectivity index is 1.25. The molecule has 1 aromatic heterocycles. The van der Waals surface area contributed by atoms with Gasteiger partial charge in [0, 0.05) is 31.2 Å². The van der Waals surface area contributed by atoms with Crippen LogP contribution < -0.4 is 5.32 Å². The van der Waals surface area contributed by atoms with E-state index in [-0.39, 0.29) is 23.9 Å². The van der Waals surface area contributed by atoms with Crippen molar-refractivity contribution in [2.75, 3.05) is 25.0 Å². The lowest BCUT2D eigenvalue weighted by atomic mass is 10.2. The summed E-state index contributed by atoms with van der Waals surface area (Å²) >= 11 is 6.17. The number of rotatable bonds is 5. The minimum Gasteiger partial charge on any atom is -0.375 e. The number of fused-ring (bicyclic) bond motifs is 3. The monoisotopic (exact) mass is 469 g/mol. The highest BCUT2D eigenvalue weighted by Gasteiger charge is 2.40. The first-order valence-electron chi connectivity index (χ1n) is 11.4. The number of nitrogens with zero attached hydrogens (tertiary/aromatic N) is 4. The van der Waals surface area contributed by atoms with Gasteiger partial charge >= 0.3 is 0 Å². The van der Waals surface area contributed by atoms with Crippen molar-refractivity contribution in [2.24, 2.45) is 0 Å². The van der Waals surface area contributed by atoms with Gasteiger partial charge in [0.1, 0.15) is 11.5 Å². The Morgan fingerprint density at radius 1 is 1.30 bits per heavy atom. The Hall–Kier alpha value is -2.68. The van der Waals surface area contributed by atoms with Crippen molar-refractivity contribution < 1.29 is 14.3 Å². The summed E-state index contributed by atoms with van der Waals surface area (Å²) in [5.41, 5.74) is 1.01. The number of nitrogens with one attached hydrogen (secondary N) is 1. The molecule has 4 atom stereocenters. The van der Waals surface area contributed by atoms with Crippen LogP contribution in [0.1, 0.15) is 42.6 Å². The van der Waals surface area contributed by atoms with Crippen LogP contribution in [0.2, 0.25) is 5.02 Å². The molecule has 3 aliphatic rings. The van der Waals surface area contributed by atoms with Crippen molar-refractivity contribution in [2.45, 2.75) is 51.0 Å². The number of hydrogen-bond donors (Lipinski definition) is 1. The number of morpholine rings is 1. The molecule has 2 saturated heterocycles. The highest BCUT2D eigenvalue weighted by Crippen LogP contribution is 2.30. The van der Waals surface area contributed by atoms with Crippen LogP contribution in [0.15, 0.2) is 42.6 Å². The van der Waals surface area contributed by atoms with Gasteiger partial charge in [0.05, 0.1) is 42.2 Å². The minimum atomic E-state index is -0.272. The molecule has 2 fully saturated rings. The first-order valence-corrected chi connectivity index (χ1v) is 11.7. The predicted molar refractivity (Wildman–Crippen MR) is 125 cm³/mol. The van der Waals surface area contributed by atoms with Crippen LogP contribution in [0.5, 0.6) is 0 Å². The van der Waals surface area contributed by atoms with Gasteiger partial charge < -0.3 is 19.5 Å². The number of aromatic nitrogens is 2. The van der Waals surface area contributed by atoms with Gasteiger partial charge in [-0.05, 0) is 32.4 Å². The Labute approximate surface area is 198 Å². The van der Waals surface area contributed by atoms with Crippen molar-refractivity contribution in [3.63, 3.8) is 0 Å². The summed E-state index contributed by atoms with van der Waals surface area (Å²) in [6.45, 7) is 6.71. The molecule has 5 rings (SSSR count). The number of para-hydroxylation sites is 1. The molecule has 0 aliphatic carbocycles. The van der Waals surface area contributed by atoms with Crippen molar-refractivity contribution in [3.05, 3.63) is 59.2 Å². The quantitative estimate of drug-likeness (QED) is 0.680. The van der Waals surface area contributed by atoms with Crippen molar-refractivity contribution in [1.29, 1.82) is 0 Å². The number of ether oxygens (including phenoxy) is 1. The molecule has 9 heteroatoms. The van der Waals surface area contributed by atoms with E-state index in [1.165, 1.54) is 0 Å². The molecule has 4 heterocycles. The summed E-state index contributed by atoms with van der Waals surface area (Å²) in [4.78, 5) is 34.4. The summed E-state index contributed by atoms with van der Waals surface area (Å²) in [7, 11) is 0. The van der Waals surface area contributed by atoms with Gasteiger partial charge in [-0.25, -0.2) is 4.98 Å². The second-order valence-corrected chi connectivity index (χ2v) is 9.48. The van der Waals surface area contributed by atoms with Gasteiger partial charge in [0.2, 0.25) is 5.91 Å². The van der Waals surface area contributed by atoms with Crippen LogP contribution >= 0.6 is 11.6 Å². The van der Waals surface area contributed by atoms with Crippen molar-refractivity contribution in [3.8, 4) is 0 Å². The van der Waals surface area contributed by atoms with E-state index in [0.717, 1.165) is 19.6 Å². The molecule has 0 radical (unpaired) electrons. The number of imidazole rings is 1. The first-order chi connectivity index (χ1) is 15.9. The molecule has 174 valence electrons. The van der Waals surface area contributed by atoms with Gasteiger partial charge in [-0.1, -0.05) is 29.8 Å². The SMILES string of the molecule is CC(/C=C/C(=O)N1Cc2ncc(C(=O)Nc3ccccc3Cl)n2[C@H](C)C1)N1CC2CC1CO2. The van der Waals surface area contributed by atoms with E-state index in [4.69, 9.17) is 16.3 Å². The molecule has 1 aromatic carbocycles. The number of benzene rings is 1. The van der Waals surface area contributed by atoms with E-state index in [1.807, 2.05) is 29.7 Å². The van der Waals surface area contributed by atoms with Crippen molar-refractivity contribution in [1.82, 2.24) is 19.4 Å². The lowest BCUT2D eigenvalue weighted by Crippen LogP contribution is -2.43. The smallest absolute Gasteiger partial charge is 0.273 e. The average molecular weight is 470 g/mol. The van der Waals surface area contributed by atoms with Crippen LogP contribution in [-0.4, -0.2) is 69.0 Å². The van der Waals surface area contributed by atoms with Crippen LogP contribution in [0.3, 0.4) is 0 Å². The van der Waals surface area contributed by atoms with Crippen LogP contribution in [0.25, 0.3) is 0 Å². The molecule has 1 N–H and O–H groups in total. The fraction of sp³-hybridized carbons (Fsp3) is 0.458. The Morgan fingerprint density at radius 2 is 2.12 bits per heavy atom. The lowest BCUT2D eigenvalue weighted by Gasteiger charge is -2.33. The Kier molecular flexibility index (Phi) is 5.99. The van der Waals surface area contributed by atoms with Gasteiger partial charge in [-0.3, -0.25) is 14.5 Å². The van der Waals surface area contributed by atoms with Crippen LogP contribution in [-0.2, 0) is 16.1 Å². The molecule has 2 aromatic rings. The van der Waals surface area contributed by atoms with Gasteiger partial charge in [-0.15, -0.1) is 0 Å². The predicted octanol–water partition coefficient (Wildman–Crippen LogP) is 3.11. The van der Waals surface area contributed by atoms with Crippen LogP contribution in [0, 0.1) is 0 Å². The van der Waals surface area contributed by atoms with E-state index in [0.29, 0.717) is 47.5 Å². The molecule has 3 unspecified atom stereocenters. The number of carbonyl (C=O) groups is 2. The fourth-order valence-electron chi connectivity index (χ4n) is 5.09. The molecular formula is C24H28ClN5O3. The zero-order valence-corrected chi connectivity index (χ0v) is 19.5. The number of amides is 2. The molecule has 33 heavy (non-hydrogen) atoms. The third kappa shape index (κ3) is 4.30. The largest absolute Gasteiger partial charge is 0.375 e. The highest BCUT2D eigenvalue weighted by atomic mass is 35.5. The number of likely N-dealkylation sites (tertiary alicyclic amines) is 1. The lowest BCUT2D eigenvalue weighted by molar-refractivity contribution is -0.128. The third-order valence-corrected chi connectivity index (χ3v) is 7.11. The number of carbonyl (C=O) groups excluding carboxylic acids is 2. The maximum atomic E-state index is 12.9. The molecule has 8 nitrogen and oxygen atoms in total. The van der Waals surface area contributed by atoms with Gasteiger partial charge in [-0.2, -0.15) is 0 Å². The van der Waals surface area contributed by atoms with Crippen molar-refractivity contribution >= 4 is 29.1 Å². The molecular weight excluding hydrogens is 442 g/mol. The molecule has 2 amide bonds. The molecule has 2 bridgehead atoms. The Bertz CT molecular complexity index is 1100. The first kappa shape index (κ1) is 22.1. The molecule has 3 aliphatic heterocycles. The van der Waals surface area contributed by atoms with E-state index in [1.54, 1.807) is 29.3 Å². The summed E-state index contributed by atoms with van der Waals surface area (Å²) in [5.74, 6) is 0.388. The minimum absolute atomic E-state index is 0.0365. The third-order valence-electron chi connectivity index (χ3n) is 6.78. The fourth-order valence-corrected chi connectivity index (χ4v) is 5.28. The number of halogens is 1. The highest BCUT2D eigenvalue weighted by molar-refractivity contribution is 6.33. The van der Waals surface area contributed by atoms with E-state index in [9.17, 15) is 9.59 Å². The zero-order chi connectivity index (χ0) is 23.1. The van der Waals surface area contributed by atoms with Gasteiger partial charge in [0.25, 0.3) is 5.91 Å².